The second kappa shape index (κ2) is 6.79. The molecule has 0 radical (unpaired) electrons. The number of amides is 1. The van der Waals surface area contributed by atoms with Crippen molar-refractivity contribution in [2.45, 2.75) is 39.2 Å². The third kappa shape index (κ3) is 4.20. The van der Waals surface area contributed by atoms with Crippen molar-refractivity contribution in [3.05, 3.63) is 35.4 Å². The van der Waals surface area contributed by atoms with Gasteiger partial charge in [0.15, 0.2) is 5.78 Å². The number of rotatable bonds is 6. The van der Waals surface area contributed by atoms with Crippen LogP contribution in [-0.4, -0.2) is 17.0 Å². The number of carbonyl (C=O) groups is 2. The number of benzene rings is 1. The van der Waals surface area contributed by atoms with Crippen LogP contribution in [0.15, 0.2) is 24.3 Å². The van der Waals surface area contributed by atoms with E-state index in [0.29, 0.717) is 12.0 Å². The Labute approximate surface area is 107 Å². The zero-order valence-corrected chi connectivity index (χ0v) is 10.8. The van der Waals surface area contributed by atoms with Crippen molar-refractivity contribution >= 4 is 11.9 Å². The summed E-state index contributed by atoms with van der Waals surface area (Å²) in [6.07, 6.45) is 0.920. The van der Waals surface area contributed by atoms with Crippen LogP contribution in [0.25, 0.3) is 0 Å². The van der Waals surface area contributed by atoms with Gasteiger partial charge in [0.1, 0.15) is 6.04 Å². The molecule has 1 unspecified atom stereocenters. The van der Waals surface area contributed by atoms with E-state index in [1.165, 1.54) is 0 Å². The monoisotopic (exact) mass is 249 g/mol. The molecule has 4 nitrogen and oxygen atoms in total. The second-order valence-electron chi connectivity index (χ2n) is 4.37. The Hall–Kier alpha value is -1.84. The number of Topliss-reactive ketones (excluding diaryl/α,β-unsaturated/α-hetero) is 1. The Balaban J connectivity index is 2.90. The smallest absolute Gasteiger partial charge is 0.405 e. The number of hydrogen-bond acceptors (Lipinski definition) is 2. The summed E-state index contributed by atoms with van der Waals surface area (Å²) in [5, 5.41) is 11.1. The molecule has 2 N–H and O–H groups in total. The minimum atomic E-state index is -1.17. The van der Waals surface area contributed by atoms with Crippen molar-refractivity contribution in [1.82, 2.24) is 5.32 Å². The topological polar surface area (TPSA) is 66.4 Å². The molecule has 0 aliphatic heterocycles. The minimum Gasteiger partial charge on any atom is -0.465 e. The Kier molecular flexibility index (Phi) is 5.36. The fourth-order valence-corrected chi connectivity index (χ4v) is 1.82. The van der Waals surface area contributed by atoms with E-state index in [-0.39, 0.29) is 5.78 Å². The number of nitrogens with one attached hydrogen (secondary N) is 1. The molecule has 0 bridgehead atoms. The van der Waals surface area contributed by atoms with E-state index < -0.39 is 12.1 Å². The molecule has 1 aromatic rings. The summed E-state index contributed by atoms with van der Waals surface area (Å²) in [6, 6.07) is 6.60. The van der Waals surface area contributed by atoms with Gasteiger partial charge >= 0.3 is 6.09 Å². The molecule has 1 atom stereocenters. The van der Waals surface area contributed by atoms with Gasteiger partial charge in [-0.05, 0) is 18.9 Å². The predicted molar refractivity (Wildman–Crippen MR) is 69.6 cm³/mol. The van der Waals surface area contributed by atoms with Gasteiger partial charge in [-0.25, -0.2) is 4.79 Å². The average Bonchev–Trinajstić information content (AvgIpc) is 2.32. The third-order valence-electron chi connectivity index (χ3n) is 2.74. The molecule has 0 heterocycles. The van der Waals surface area contributed by atoms with Gasteiger partial charge in [-0.2, -0.15) is 0 Å². The standard InChI is InChI=1S/C14H19NO3/c1-3-4-8-12(16)13(15-14(17)18)11-7-5-6-10(2)9-11/h5-7,9,13,15H,3-4,8H2,1-2H3,(H,17,18). The van der Waals surface area contributed by atoms with Crippen LogP contribution in [0.4, 0.5) is 4.79 Å². The average molecular weight is 249 g/mol. The first-order chi connectivity index (χ1) is 8.54. The van der Waals surface area contributed by atoms with Gasteiger partial charge in [0.25, 0.3) is 0 Å². The maximum atomic E-state index is 12.0. The minimum absolute atomic E-state index is 0.0788. The highest BCUT2D eigenvalue weighted by molar-refractivity contribution is 5.88. The van der Waals surface area contributed by atoms with Crippen LogP contribution in [0.5, 0.6) is 0 Å². The highest BCUT2D eigenvalue weighted by Crippen LogP contribution is 2.18. The van der Waals surface area contributed by atoms with E-state index in [4.69, 9.17) is 5.11 Å². The van der Waals surface area contributed by atoms with Gasteiger partial charge in [0.2, 0.25) is 0 Å². The Morgan fingerprint density at radius 2 is 2.11 bits per heavy atom. The first-order valence-electron chi connectivity index (χ1n) is 6.13. The van der Waals surface area contributed by atoms with Crippen molar-refractivity contribution in [3.8, 4) is 0 Å². The summed E-state index contributed by atoms with van der Waals surface area (Å²) in [5.74, 6) is -0.0788. The zero-order chi connectivity index (χ0) is 13.5. The van der Waals surface area contributed by atoms with Crippen LogP contribution >= 0.6 is 0 Å². The summed E-state index contributed by atoms with van der Waals surface area (Å²) < 4.78 is 0. The molecule has 0 aliphatic rings. The molecule has 98 valence electrons. The number of unbranched alkanes of at least 4 members (excludes halogenated alkanes) is 1. The lowest BCUT2D eigenvalue weighted by molar-refractivity contribution is -0.121. The lowest BCUT2D eigenvalue weighted by atomic mass is 9.98. The first kappa shape index (κ1) is 14.2. The number of aryl methyl sites for hydroxylation is 1. The van der Waals surface area contributed by atoms with E-state index >= 15 is 0 Å². The first-order valence-corrected chi connectivity index (χ1v) is 6.13. The molecular formula is C14H19NO3. The van der Waals surface area contributed by atoms with Gasteiger partial charge in [-0.1, -0.05) is 43.2 Å². The fourth-order valence-electron chi connectivity index (χ4n) is 1.82. The highest BCUT2D eigenvalue weighted by atomic mass is 16.4. The molecule has 1 rings (SSSR count). The maximum absolute atomic E-state index is 12.0. The summed E-state index contributed by atoms with van der Waals surface area (Å²) in [4.78, 5) is 22.8. The van der Waals surface area contributed by atoms with Gasteiger partial charge in [0, 0.05) is 6.42 Å². The molecule has 0 aromatic heterocycles. The second-order valence-corrected chi connectivity index (χ2v) is 4.37. The van der Waals surface area contributed by atoms with Crippen LogP contribution in [-0.2, 0) is 4.79 Å². The van der Waals surface area contributed by atoms with Crippen LogP contribution in [0, 0.1) is 6.92 Å². The molecule has 0 fully saturated rings. The zero-order valence-electron chi connectivity index (χ0n) is 10.8. The number of hydrogen-bond donors (Lipinski definition) is 2. The number of ketones is 1. The third-order valence-corrected chi connectivity index (χ3v) is 2.74. The molecular weight excluding hydrogens is 230 g/mol. The van der Waals surface area contributed by atoms with Gasteiger partial charge in [-0.3, -0.25) is 4.79 Å². The molecule has 4 heteroatoms. The van der Waals surface area contributed by atoms with Crippen molar-refractivity contribution in [3.63, 3.8) is 0 Å². The van der Waals surface area contributed by atoms with Gasteiger partial charge in [0.05, 0.1) is 0 Å². The Bertz CT molecular complexity index is 429. The lowest BCUT2D eigenvalue weighted by Crippen LogP contribution is -2.32. The van der Waals surface area contributed by atoms with E-state index in [9.17, 15) is 9.59 Å². The summed E-state index contributed by atoms with van der Waals surface area (Å²) in [5.41, 5.74) is 1.71. The van der Waals surface area contributed by atoms with Crippen LogP contribution < -0.4 is 5.32 Å². The summed E-state index contributed by atoms with van der Waals surface area (Å²) in [7, 11) is 0. The fraction of sp³-hybridized carbons (Fsp3) is 0.429. The van der Waals surface area contributed by atoms with Gasteiger partial charge < -0.3 is 10.4 Å². The van der Waals surface area contributed by atoms with Gasteiger partial charge in [-0.15, -0.1) is 0 Å². The van der Waals surface area contributed by atoms with E-state index in [2.05, 4.69) is 5.32 Å². The molecule has 0 saturated carbocycles. The van der Waals surface area contributed by atoms with E-state index in [0.717, 1.165) is 18.4 Å². The van der Waals surface area contributed by atoms with Crippen molar-refractivity contribution < 1.29 is 14.7 Å². The summed E-state index contributed by atoms with van der Waals surface area (Å²) in [6.45, 7) is 3.91. The Morgan fingerprint density at radius 1 is 1.39 bits per heavy atom. The van der Waals surface area contributed by atoms with E-state index in [1.807, 2.05) is 32.0 Å². The van der Waals surface area contributed by atoms with Crippen LogP contribution in [0.3, 0.4) is 0 Å². The number of carbonyl (C=O) groups excluding carboxylic acids is 1. The molecule has 1 amide bonds. The molecule has 0 spiro atoms. The van der Waals surface area contributed by atoms with Crippen LogP contribution in [0.2, 0.25) is 0 Å². The van der Waals surface area contributed by atoms with Crippen LogP contribution in [0.1, 0.15) is 43.4 Å². The lowest BCUT2D eigenvalue weighted by Gasteiger charge is -2.16. The highest BCUT2D eigenvalue weighted by Gasteiger charge is 2.21. The van der Waals surface area contributed by atoms with Crippen molar-refractivity contribution in [1.29, 1.82) is 0 Å². The molecule has 1 aromatic carbocycles. The normalized spacial score (nSPS) is 11.9. The quantitative estimate of drug-likeness (QED) is 0.814. The molecule has 0 saturated heterocycles. The van der Waals surface area contributed by atoms with Crippen molar-refractivity contribution in [2.75, 3.05) is 0 Å². The molecule has 18 heavy (non-hydrogen) atoms. The summed E-state index contributed by atoms with van der Waals surface area (Å²) >= 11 is 0. The van der Waals surface area contributed by atoms with E-state index in [1.54, 1.807) is 6.07 Å². The largest absolute Gasteiger partial charge is 0.465 e. The number of carboxylic acid groups (broad SMARTS) is 1. The van der Waals surface area contributed by atoms with Crippen molar-refractivity contribution in [2.24, 2.45) is 0 Å². The predicted octanol–water partition coefficient (Wildman–Crippen LogP) is 3.06. The SMILES string of the molecule is CCCCC(=O)C(NC(=O)O)c1cccc(C)c1. The Morgan fingerprint density at radius 3 is 2.67 bits per heavy atom. The molecule has 0 aliphatic carbocycles. The maximum Gasteiger partial charge on any atom is 0.405 e.